The van der Waals surface area contributed by atoms with Gasteiger partial charge < -0.3 is 10.2 Å². The summed E-state index contributed by atoms with van der Waals surface area (Å²) in [5, 5.41) is 3.49. The van der Waals surface area contributed by atoms with E-state index in [0.29, 0.717) is 6.04 Å². The first-order valence-electron chi connectivity index (χ1n) is 8.67. The predicted octanol–water partition coefficient (Wildman–Crippen LogP) is 4.55. The van der Waals surface area contributed by atoms with Gasteiger partial charge >= 0.3 is 0 Å². The largest absolute Gasteiger partial charge is 0.370 e. The highest BCUT2D eigenvalue weighted by Gasteiger charge is 2.09. The number of hydrogen-bond donors (Lipinski definition) is 1. The second kappa shape index (κ2) is 10.6. The van der Waals surface area contributed by atoms with Crippen molar-refractivity contribution in [2.45, 2.75) is 65.8 Å². The number of pyridine rings is 1. The molecule has 1 rings (SSSR count). The zero-order valence-electron chi connectivity index (χ0n) is 14.4. The van der Waals surface area contributed by atoms with E-state index in [1.807, 2.05) is 6.20 Å². The Morgan fingerprint density at radius 2 is 1.71 bits per heavy atom. The van der Waals surface area contributed by atoms with Crippen LogP contribution >= 0.6 is 0 Å². The molecule has 0 aromatic carbocycles. The molecule has 3 nitrogen and oxygen atoms in total. The van der Waals surface area contributed by atoms with Gasteiger partial charge in [-0.1, -0.05) is 33.6 Å². The van der Waals surface area contributed by atoms with Crippen molar-refractivity contribution in [3.8, 4) is 0 Å². The second-order valence-electron chi connectivity index (χ2n) is 5.81. The molecule has 0 bridgehead atoms. The summed E-state index contributed by atoms with van der Waals surface area (Å²) < 4.78 is 0. The van der Waals surface area contributed by atoms with Crippen molar-refractivity contribution in [3.63, 3.8) is 0 Å². The van der Waals surface area contributed by atoms with Crippen molar-refractivity contribution < 1.29 is 0 Å². The standard InChI is InChI=1S/C18H33N3/c1-5-8-13-21(14-9-6-2)17-10-11-18(20-15-17)16(4)19-12-7-3/h10-11,15-16,19H,5-9,12-14H2,1-4H3. The van der Waals surface area contributed by atoms with E-state index in [1.165, 1.54) is 31.4 Å². The molecule has 120 valence electrons. The molecule has 0 saturated heterocycles. The number of anilines is 1. The van der Waals surface area contributed by atoms with Crippen molar-refractivity contribution in [2.75, 3.05) is 24.5 Å². The molecule has 0 amide bonds. The van der Waals surface area contributed by atoms with Gasteiger partial charge in [-0.3, -0.25) is 4.98 Å². The van der Waals surface area contributed by atoms with Gasteiger partial charge in [0, 0.05) is 19.1 Å². The van der Waals surface area contributed by atoms with Crippen LogP contribution in [0.5, 0.6) is 0 Å². The van der Waals surface area contributed by atoms with Gasteiger partial charge in [0.2, 0.25) is 0 Å². The number of rotatable bonds is 11. The summed E-state index contributed by atoms with van der Waals surface area (Å²) in [6, 6.07) is 4.74. The molecule has 3 heteroatoms. The number of nitrogens with one attached hydrogen (secondary N) is 1. The maximum absolute atomic E-state index is 4.66. The summed E-state index contributed by atoms with van der Waals surface area (Å²) in [4.78, 5) is 7.14. The van der Waals surface area contributed by atoms with Crippen LogP contribution in [0.3, 0.4) is 0 Å². The third-order valence-corrected chi connectivity index (χ3v) is 3.84. The second-order valence-corrected chi connectivity index (χ2v) is 5.81. The van der Waals surface area contributed by atoms with Crippen molar-refractivity contribution in [2.24, 2.45) is 0 Å². The van der Waals surface area contributed by atoms with E-state index in [0.717, 1.165) is 31.7 Å². The molecular weight excluding hydrogens is 258 g/mol. The SMILES string of the molecule is CCCCN(CCCC)c1ccc(C(C)NCCC)nc1. The van der Waals surface area contributed by atoms with E-state index >= 15 is 0 Å². The molecule has 1 aromatic rings. The Bertz CT molecular complexity index is 353. The molecule has 1 N–H and O–H groups in total. The van der Waals surface area contributed by atoms with Crippen LogP contribution in [0.25, 0.3) is 0 Å². The fourth-order valence-electron chi connectivity index (χ4n) is 2.37. The summed E-state index contributed by atoms with van der Waals surface area (Å²) in [6.45, 7) is 12.2. The van der Waals surface area contributed by atoms with E-state index in [-0.39, 0.29) is 0 Å². The highest BCUT2D eigenvalue weighted by molar-refractivity contribution is 5.44. The number of unbranched alkanes of at least 4 members (excludes halogenated alkanes) is 2. The van der Waals surface area contributed by atoms with Gasteiger partial charge in [0.05, 0.1) is 17.6 Å². The van der Waals surface area contributed by atoms with Gasteiger partial charge in [0.15, 0.2) is 0 Å². The molecule has 0 spiro atoms. The average Bonchev–Trinajstić information content (AvgIpc) is 2.53. The lowest BCUT2D eigenvalue weighted by molar-refractivity contribution is 0.558. The predicted molar refractivity (Wildman–Crippen MR) is 93.0 cm³/mol. The zero-order valence-corrected chi connectivity index (χ0v) is 14.4. The molecule has 1 unspecified atom stereocenters. The van der Waals surface area contributed by atoms with Gasteiger partial charge in [-0.05, 0) is 44.9 Å². The van der Waals surface area contributed by atoms with Crippen LogP contribution in [0.15, 0.2) is 18.3 Å². The lowest BCUT2D eigenvalue weighted by Crippen LogP contribution is -2.26. The molecule has 0 radical (unpaired) electrons. The molecule has 0 aliphatic heterocycles. The quantitative estimate of drug-likeness (QED) is 0.648. The molecule has 0 aliphatic carbocycles. The van der Waals surface area contributed by atoms with Gasteiger partial charge in [-0.15, -0.1) is 0 Å². The van der Waals surface area contributed by atoms with E-state index < -0.39 is 0 Å². The molecule has 1 atom stereocenters. The van der Waals surface area contributed by atoms with Crippen molar-refractivity contribution >= 4 is 5.69 Å². The van der Waals surface area contributed by atoms with Crippen LogP contribution < -0.4 is 10.2 Å². The summed E-state index contributed by atoms with van der Waals surface area (Å²) >= 11 is 0. The number of nitrogens with zero attached hydrogens (tertiary/aromatic N) is 2. The normalized spacial score (nSPS) is 12.4. The molecule has 21 heavy (non-hydrogen) atoms. The van der Waals surface area contributed by atoms with Gasteiger partial charge in [0.25, 0.3) is 0 Å². The number of hydrogen-bond acceptors (Lipinski definition) is 3. The molecule has 1 aromatic heterocycles. The Morgan fingerprint density at radius 3 is 2.19 bits per heavy atom. The summed E-state index contributed by atoms with van der Waals surface area (Å²) in [5.74, 6) is 0. The monoisotopic (exact) mass is 291 g/mol. The summed E-state index contributed by atoms with van der Waals surface area (Å²) in [7, 11) is 0. The Labute approximate surface area is 131 Å². The van der Waals surface area contributed by atoms with Crippen molar-refractivity contribution in [3.05, 3.63) is 24.0 Å². The highest BCUT2D eigenvalue weighted by atomic mass is 15.1. The maximum atomic E-state index is 4.66. The molecule has 0 saturated carbocycles. The van der Waals surface area contributed by atoms with Crippen LogP contribution in [0.2, 0.25) is 0 Å². The smallest absolute Gasteiger partial charge is 0.0572 e. The molecular formula is C18H33N3. The minimum atomic E-state index is 0.332. The van der Waals surface area contributed by atoms with Crippen LogP contribution in [-0.4, -0.2) is 24.6 Å². The van der Waals surface area contributed by atoms with Crippen molar-refractivity contribution in [1.82, 2.24) is 10.3 Å². The van der Waals surface area contributed by atoms with Crippen LogP contribution in [0.1, 0.15) is 71.5 Å². The Hall–Kier alpha value is -1.09. The minimum absolute atomic E-state index is 0.332. The molecule has 0 aliphatic rings. The fourth-order valence-corrected chi connectivity index (χ4v) is 2.37. The number of aromatic nitrogens is 1. The minimum Gasteiger partial charge on any atom is -0.370 e. The Balaban J connectivity index is 2.67. The van der Waals surface area contributed by atoms with E-state index in [4.69, 9.17) is 0 Å². The van der Waals surface area contributed by atoms with E-state index in [1.54, 1.807) is 0 Å². The van der Waals surface area contributed by atoms with E-state index in [9.17, 15) is 0 Å². The first kappa shape index (κ1) is 18.0. The summed E-state index contributed by atoms with van der Waals surface area (Å²) in [6.07, 6.45) is 8.19. The van der Waals surface area contributed by atoms with E-state index in [2.05, 4.69) is 55.0 Å². The van der Waals surface area contributed by atoms with Crippen LogP contribution in [0.4, 0.5) is 5.69 Å². The van der Waals surface area contributed by atoms with Gasteiger partial charge in [-0.25, -0.2) is 0 Å². The van der Waals surface area contributed by atoms with Gasteiger partial charge in [0.1, 0.15) is 0 Å². The van der Waals surface area contributed by atoms with Crippen LogP contribution in [-0.2, 0) is 0 Å². The third-order valence-electron chi connectivity index (χ3n) is 3.84. The molecule has 0 fully saturated rings. The first-order chi connectivity index (χ1) is 10.2. The molecule has 1 heterocycles. The third kappa shape index (κ3) is 6.47. The van der Waals surface area contributed by atoms with Crippen molar-refractivity contribution in [1.29, 1.82) is 0 Å². The lowest BCUT2D eigenvalue weighted by atomic mass is 10.2. The maximum Gasteiger partial charge on any atom is 0.0572 e. The Morgan fingerprint density at radius 1 is 1.05 bits per heavy atom. The highest BCUT2D eigenvalue weighted by Crippen LogP contribution is 2.18. The Kier molecular flexibility index (Phi) is 9.07. The fraction of sp³-hybridized carbons (Fsp3) is 0.722. The first-order valence-corrected chi connectivity index (χ1v) is 8.67. The summed E-state index contributed by atoms with van der Waals surface area (Å²) in [5.41, 5.74) is 2.40. The van der Waals surface area contributed by atoms with Gasteiger partial charge in [-0.2, -0.15) is 0 Å². The zero-order chi connectivity index (χ0) is 15.5. The topological polar surface area (TPSA) is 28.2 Å². The lowest BCUT2D eigenvalue weighted by Gasteiger charge is -2.25. The van der Waals surface area contributed by atoms with Crippen LogP contribution in [0, 0.1) is 0 Å². The average molecular weight is 291 g/mol.